The van der Waals surface area contributed by atoms with Crippen molar-refractivity contribution in [3.05, 3.63) is 58.8 Å². The highest BCUT2D eigenvalue weighted by atomic mass is 16.1. The first-order chi connectivity index (χ1) is 12.3. The van der Waals surface area contributed by atoms with Crippen LogP contribution in [0.4, 0.5) is 0 Å². The number of unbranched alkanes of at least 4 members (excludes halogenated alkanes) is 2. The zero-order chi connectivity index (χ0) is 17.6. The van der Waals surface area contributed by atoms with Crippen molar-refractivity contribution in [3.63, 3.8) is 0 Å². The highest BCUT2D eigenvalue weighted by molar-refractivity contribution is 5.93. The average molecular weight is 336 g/mol. The van der Waals surface area contributed by atoms with E-state index in [1.165, 1.54) is 19.4 Å². The van der Waals surface area contributed by atoms with Crippen LogP contribution in [0.15, 0.2) is 53.3 Å². The monoisotopic (exact) mass is 336 g/mol. The molecule has 0 unspecified atom stereocenters. The summed E-state index contributed by atoms with van der Waals surface area (Å²) in [7, 11) is 0. The van der Waals surface area contributed by atoms with Gasteiger partial charge in [0, 0.05) is 17.3 Å². The van der Waals surface area contributed by atoms with Crippen molar-refractivity contribution in [1.29, 1.82) is 0 Å². The summed E-state index contributed by atoms with van der Waals surface area (Å²) in [5.74, 6) is 0. The number of fused-ring (bicyclic) bond motifs is 2. The van der Waals surface area contributed by atoms with Crippen molar-refractivity contribution >= 4 is 21.8 Å². The molecule has 1 heterocycles. The molecule has 0 radical (unpaired) electrons. The van der Waals surface area contributed by atoms with Gasteiger partial charge in [0.1, 0.15) is 0 Å². The Morgan fingerprint density at radius 3 is 1.92 bits per heavy atom. The van der Waals surface area contributed by atoms with Crippen LogP contribution in [0.25, 0.3) is 21.8 Å². The molecule has 25 heavy (non-hydrogen) atoms. The highest BCUT2D eigenvalue weighted by Crippen LogP contribution is 2.20. The summed E-state index contributed by atoms with van der Waals surface area (Å²) in [6.07, 6.45) is 3.58. The molecule has 0 aliphatic carbocycles. The van der Waals surface area contributed by atoms with Crippen molar-refractivity contribution in [1.82, 2.24) is 9.47 Å². The van der Waals surface area contributed by atoms with E-state index in [0.717, 1.165) is 47.9 Å². The van der Waals surface area contributed by atoms with Gasteiger partial charge >= 0.3 is 0 Å². The summed E-state index contributed by atoms with van der Waals surface area (Å²) in [6, 6.07) is 16.0. The quantitative estimate of drug-likeness (QED) is 0.441. The SMILES string of the molecule is CCN(CC)CCCCCn1c2ccccc2c(=O)c2ccccc21. The van der Waals surface area contributed by atoms with Gasteiger partial charge in [-0.1, -0.05) is 44.5 Å². The molecule has 0 aliphatic rings. The number of benzene rings is 2. The van der Waals surface area contributed by atoms with Crippen molar-refractivity contribution in [2.75, 3.05) is 19.6 Å². The topological polar surface area (TPSA) is 25.2 Å². The molecule has 0 aliphatic heterocycles. The summed E-state index contributed by atoms with van der Waals surface area (Å²) in [5, 5.41) is 1.65. The molecule has 0 saturated carbocycles. The van der Waals surface area contributed by atoms with Gasteiger partial charge in [-0.2, -0.15) is 0 Å². The fourth-order valence-electron chi connectivity index (χ4n) is 3.64. The third kappa shape index (κ3) is 3.77. The molecule has 3 aromatic rings. The second-order valence-electron chi connectivity index (χ2n) is 6.60. The molecule has 2 aromatic carbocycles. The smallest absolute Gasteiger partial charge is 0.197 e. The minimum atomic E-state index is 0.143. The van der Waals surface area contributed by atoms with Crippen LogP contribution < -0.4 is 5.43 Å². The van der Waals surface area contributed by atoms with E-state index in [4.69, 9.17) is 0 Å². The first-order valence-electron chi connectivity index (χ1n) is 9.49. The molecule has 0 N–H and O–H groups in total. The van der Waals surface area contributed by atoms with E-state index in [0.29, 0.717) is 0 Å². The fraction of sp³-hybridized carbons (Fsp3) is 0.409. The Kier molecular flexibility index (Phi) is 5.87. The first-order valence-corrected chi connectivity index (χ1v) is 9.49. The lowest BCUT2D eigenvalue weighted by Crippen LogP contribution is -2.23. The summed E-state index contributed by atoms with van der Waals surface area (Å²) >= 11 is 0. The number of nitrogens with zero attached hydrogens (tertiary/aromatic N) is 2. The molecule has 0 spiro atoms. The lowest BCUT2D eigenvalue weighted by molar-refractivity contribution is 0.295. The van der Waals surface area contributed by atoms with E-state index in [-0.39, 0.29) is 5.43 Å². The average Bonchev–Trinajstić information content (AvgIpc) is 2.67. The van der Waals surface area contributed by atoms with Crippen LogP contribution in [0.3, 0.4) is 0 Å². The van der Waals surface area contributed by atoms with E-state index in [2.05, 4.69) is 35.4 Å². The fourth-order valence-corrected chi connectivity index (χ4v) is 3.64. The predicted octanol–water partition coefficient (Wildman–Crippen LogP) is 4.67. The van der Waals surface area contributed by atoms with Crippen LogP contribution in [-0.4, -0.2) is 29.1 Å². The maximum absolute atomic E-state index is 12.7. The second-order valence-corrected chi connectivity index (χ2v) is 6.60. The Morgan fingerprint density at radius 2 is 1.36 bits per heavy atom. The lowest BCUT2D eigenvalue weighted by Gasteiger charge is -2.18. The Labute approximate surface area is 149 Å². The number of rotatable bonds is 8. The zero-order valence-electron chi connectivity index (χ0n) is 15.4. The van der Waals surface area contributed by atoms with Gasteiger partial charge in [0.25, 0.3) is 0 Å². The number of aromatic nitrogens is 1. The zero-order valence-corrected chi connectivity index (χ0v) is 15.4. The Hall–Kier alpha value is -2.13. The van der Waals surface area contributed by atoms with Gasteiger partial charge in [-0.3, -0.25) is 4.79 Å². The summed E-state index contributed by atoms with van der Waals surface area (Å²) in [4.78, 5) is 15.2. The van der Waals surface area contributed by atoms with Gasteiger partial charge in [0.05, 0.1) is 11.0 Å². The van der Waals surface area contributed by atoms with Crippen molar-refractivity contribution in [3.8, 4) is 0 Å². The Morgan fingerprint density at radius 1 is 0.800 bits per heavy atom. The van der Waals surface area contributed by atoms with Crippen LogP contribution in [0.5, 0.6) is 0 Å². The molecule has 0 atom stereocenters. The number of para-hydroxylation sites is 2. The molecular formula is C22H28N2O. The lowest BCUT2D eigenvalue weighted by atomic mass is 10.1. The standard InChI is InChI=1S/C22H28N2O/c1-3-23(4-2)16-10-5-11-17-24-20-14-8-6-12-18(20)22(25)19-13-7-9-15-21(19)24/h6-9,12-15H,3-5,10-11,16-17H2,1-2H3. The minimum absolute atomic E-state index is 0.143. The largest absolute Gasteiger partial charge is 0.340 e. The molecule has 1 aromatic heterocycles. The molecule has 0 fully saturated rings. The van der Waals surface area contributed by atoms with Gasteiger partial charge in [-0.05, 0) is 56.7 Å². The molecular weight excluding hydrogens is 308 g/mol. The summed E-state index contributed by atoms with van der Waals surface area (Å²) < 4.78 is 2.32. The Balaban J connectivity index is 1.82. The van der Waals surface area contributed by atoms with Crippen LogP contribution in [0.2, 0.25) is 0 Å². The van der Waals surface area contributed by atoms with Gasteiger partial charge in [-0.15, -0.1) is 0 Å². The summed E-state index contributed by atoms with van der Waals surface area (Å²) in [5.41, 5.74) is 2.24. The molecule has 0 bridgehead atoms. The van der Waals surface area contributed by atoms with Crippen molar-refractivity contribution in [2.24, 2.45) is 0 Å². The third-order valence-electron chi connectivity index (χ3n) is 5.13. The first kappa shape index (κ1) is 17.7. The van der Waals surface area contributed by atoms with Crippen molar-refractivity contribution < 1.29 is 0 Å². The van der Waals surface area contributed by atoms with E-state index in [1.54, 1.807) is 0 Å². The molecule has 0 amide bonds. The number of pyridine rings is 1. The minimum Gasteiger partial charge on any atom is -0.340 e. The highest BCUT2D eigenvalue weighted by Gasteiger charge is 2.09. The summed E-state index contributed by atoms with van der Waals surface area (Å²) in [6.45, 7) is 8.85. The third-order valence-corrected chi connectivity index (χ3v) is 5.13. The number of hydrogen-bond acceptors (Lipinski definition) is 2. The normalized spacial score (nSPS) is 11.6. The van der Waals surface area contributed by atoms with E-state index in [1.807, 2.05) is 36.4 Å². The molecule has 0 saturated heterocycles. The van der Waals surface area contributed by atoms with Crippen LogP contribution in [0.1, 0.15) is 33.1 Å². The predicted molar refractivity (Wildman–Crippen MR) is 107 cm³/mol. The van der Waals surface area contributed by atoms with Gasteiger partial charge in [0.15, 0.2) is 5.43 Å². The van der Waals surface area contributed by atoms with E-state index >= 15 is 0 Å². The number of hydrogen-bond donors (Lipinski definition) is 0. The maximum atomic E-state index is 12.7. The molecule has 132 valence electrons. The second kappa shape index (κ2) is 8.30. The molecule has 3 heteroatoms. The number of aryl methyl sites for hydroxylation is 1. The molecule has 3 rings (SSSR count). The van der Waals surface area contributed by atoms with E-state index in [9.17, 15) is 4.79 Å². The van der Waals surface area contributed by atoms with Gasteiger partial charge in [-0.25, -0.2) is 0 Å². The van der Waals surface area contributed by atoms with Gasteiger partial charge in [0.2, 0.25) is 0 Å². The van der Waals surface area contributed by atoms with Crippen LogP contribution in [-0.2, 0) is 6.54 Å². The maximum Gasteiger partial charge on any atom is 0.197 e. The van der Waals surface area contributed by atoms with Crippen LogP contribution in [0, 0.1) is 0 Å². The molecule has 3 nitrogen and oxygen atoms in total. The van der Waals surface area contributed by atoms with Crippen molar-refractivity contribution in [2.45, 2.75) is 39.7 Å². The van der Waals surface area contributed by atoms with Crippen LogP contribution >= 0.6 is 0 Å². The Bertz CT molecular complexity index is 833. The van der Waals surface area contributed by atoms with Gasteiger partial charge < -0.3 is 9.47 Å². The van der Waals surface area contributed by atoms with E-state index < -0.39 is 0 Å².